The maximum atomic E-state index is 11.4. The van der Waals surface area contributed by atoms with Crippen LogP contribution in [-0.2, 0) is 0 Å². The Kier molecular flexibility index (Phi) is 6.59. The van der Waals surface area contributed by atoms with Gasteiger partial charge in [0, 0.05) is 48.0 Å². The molecule has 0 spiro atoms. The monoisotopic (exact) mass is 496 g/mol. The fourth-order valence-corrected chi connectivity index (χ4v) is 4.57. The highest BCUT2D eigenvalue weighted by molar-refractivity contribution is 5.97. The first kappa shape index (κ1) is 24.1. The Morgan fingerprint density at radius 3 is 2.92 bits per heavy atom. The third kappa shape index (κ3) is 5.02. The van der Waals surface area contributed by atoms with Gasteiger partial charge in [0.05, 0.1) is 11.3 Å². The molecule has 1 aliphatic heterocycles. The number of nitrogens with two attached hydrogens (primary N) is 1. The van der Waals surface area contributed by atoms with Crippen LogP contribution in [0, 0.1) is 6.92 Å². The third-order valence-electron chi connectivity index (χ3n) is 6.51. The summed E-state index contributed by atoms with van der Waals surface area (Å²) >= 11 is 0. The van der Waals surface area contributed by atoms with Gasteiger partial charge in [-0.15, -0.1) is 0 Å². The molecule has 4 N–H and O–H groups in total. The summed E-state index contributed by atoms with van der Waals surface area (Å²) in [6.07, 6.45) is 5.78. The molecular weight excluding hydrogens is 468 g/mol. The maximum Gasteiger partial charge on any atom is 0.407 e. The van der Waals surface area contributed by atoms with E-state index in [1.165, 1.54) is 4.90 Å². The van der Waals surface area contributed by atoms with Gasteiger partial charge in [0.2, 0.25) is 11.8 Å². The zero-order valence-corrected chi connectivity index (χ0v) is 20.5. The zero-order chi connectivity index (χ0) is 25.9. The molecule has 9 nitrogen and oxygen atoms in total. The van der Waals surface area contributed by atoms with Crippen LogP contribution in [-0.4, -0.2) is 50.2 Å². The van der Waals surface area contributed by atoms with Crippen molar-refractivity contribution in [2.45, 2.75) is 25.8 Å². The van der Waals surface area contributed by atoms with Gasteiger partial charge >= 0.3 is 6.09 Å². The Hall–Kier alpha value is -4.66. The van der Waals surface area contributed by atoms with Crippen LogP contribution in [0.15, 0.2) is 61.4 Å². The number of likely N-dealkylation sites (tertiary alicyclic amines) is 1. The number of pyridine rings is 1. The van der Waals surface area contributed by atoms with Gasteiger partial charge in [-0.2, -0.15) is 0 Å². The van der Waals surface area contributed by atoms with Crippen molar-refractivity contribution in [2.24, 2.45) is 0 Å². The van der Waals surface area contributed by atoms with E-state index in [4.69, 9.17) is 15.5 Å². The average molecular weight is 497 g/mol. The molecule has 0 bridgehead atoms. The van der Waals surface area contributed by atoms with Gasteiger partial charge < -0.3 is 25.8 Å². The van der Waals surface area contributed by atoms with Gasteiger partial charge in [0.25, 0.3) is 0 Å². The van der Waals surface area contributed by atoms with Gasteiger partial charge in [0.15, 0.2) is 0 Å². The lowest BCUT2D eigenvalue weighted by Crippen LogP contribution is -2.44. The Morgan fingerprint density at radius 2 is 2.11 bits per heavy atom. The first-order chi connectivity index (χ1) is 17.9. The SMILES string of the molecule is C=Cc1cnc(Oc2c(C)ccc3c(N)cccc23)c(-c2ccnc(NC3CCCN(C(=O)O)C3)n2)c1. The molecule has 9 heteroatoms. The summed E-state index contributed by atoms with van der Waals surface area (Å²) in [5.74, 6) is 1.48. The van der Waals surface area contributed by atoms with Gasteiger partial charge in [-0.1, -0.05) is 36.9 Å². The highest BCUT2D eigenvalue weighted by atomic mass is 16.5. The Bertz CT molecular complexity index is 1490. The van der Waals surface area contributed by atoms with E-state index in [-0.39, 0.29) is 6.04 Å². The minimum atomic E-state index is -0.916. The van der Waals surface area contributed by atoms with Crippen LogP contribution in [0.5, 0.6) is 11.6 Å². The van der Waals surface area contributed by atoms with E-state index < -0.39 is 6.09 Å². The van der Waals surface area contributed by atoms with Crippen LogP contribution in [0.1, 0.15) is 24.0 Å². The third-order valence-corrected chi connectivity index (χ3v) is 6.51. The molecule has 1 aliphatic rings. The number of nitrogens with one attached hydrogen (secondary N) is 1. The van der Waals surface area contributed by atoms with Crippen molar-refractivity contribution in [1.82, 2.24) is 19.9 Å². The minimum absolute atomic E-state index is 0.0720. The quantitative estimate of drug-likeness (QED) is 0.296. The fourth-order valence-electron chi connectivity index (χ4n) is 4.57. The van der Waals surface area contributed by atoms with Gasteiger partial charge in [0.1, 0.15) is 5.75 Å². The molecule has 0 aliphatic carbocycles. The number of hydrogen-bond acceptors (Lipinski definition) is 7. The van der Waals surface area contributed by atoms with Crippen molar-refractivity contribution in [2.75, 3.05) is 24.1 Å². The number of anilines is 2. The second kappa shape index (κ2) is 10.1. The summed E-state index contributed by atoms with van der Waals surface area (Å²) in [6, 6.07) is 13.3. The number of aryl methyl sites for hydroxylation is 1. The zero-order valence-electron chi connectivity index (χ0n) is 20.5. The number of nitrogens with zero attached hydrogens (tertiary/aromatic N) is 4. The van der Waals surface area contributed by atoms with Crippen molar-refractivity contribution >= 4 is 34.6 Å². The lowest BCUT2D eigenvalue weighted by Gasteiger charge is -2.31. The van der Waals surface area contributed by atoms with Gasteiger partial charge in [-0.05, 0) is 49.1 Å². The standard InChI is InChI=1S/C28H28N6O3/c1-3-18-14-22(24-11-12-30-27(33-24)32-19-6-5-13-34(16-19)28(35)36)26(31-15-18)37-25-17(2)9-10-20-21(25)7-4-8-23(20)29/h3-4,7-12,14-15,19H,1,5-6,13,16,29H2,2H3,(H,35,36)(H,30,32,33). The highest BCUT2D eigenvalue weighted by Gasteiger charge is 2.24. The first-order valence-corrected chi connectivity index (χ1v) is 12.1. The Labute approximate surface area is 214 Å². The number of aromatic nitrogens is 3. The molecule has 3 heterocycles. The van der Waals surface area contributed by atoms with E-state index in [1.54, 1.807) is 24.5 Å². The van der Waals surface area contributed by atoms with Crippen LogP contribution in [0.4, 0.5) is 16.4 Å². The lowest BCUT2D eigenvalue weighted by molar-refractivity contribution is 0.132. The van der Waals surface area contributed by atoms with E-state index in [0.29, 0.717) is 47.6 Å². The van der Waals surface area contributed by atoms with E-state index in [1.807, 2.05) is 43.3 Å². The van der Waals surface area contributed by atoms with Crippen molar-refractivity contribution in [3.63, 3.8) is 0 Å². The van der Waals surface area contributed by atoms with E-state index in [9.17, 15) is 9.90 Å². The van der Waals surface area contributed by atoms with E-state index in [2.05, 4.69) is 21.9 Å². The number of amides is 1. The summed E-state index contributed by atoms with van der Waals surface area (Å²) in [6.45, 7) is 6.77. The number of carbonyl (C=O) groups is 1. The maximum absolute atomic E-state index is 11.4. The molecule has 1 amide bonds. The molecule has 4 aromatic rings. The summed E-state index contributed by atoms with van der Waals surface area (Å²) in [5.41, 5.74) is 9.94. The predicted molar refractivity (Wildman–Crippen MR) is 145 cm³/mol. The van der Waals surface area contributed by atoms with Crippen LogP contribution >= 0.6 is 0 Å². The Balaban J connectivity index is 1.50. The van der Waals surface area contributed by atoms with Crippen LogP contribution in [0.25, 0.3) is 28.1 Å². The number of benzene rings is 2. The average Bonchev–Trinajstić information content (AvgIpc) is 2.91. The fraction of sp³-hybridized carbons (Fsp3) is 0.214. The van der Waals surface area contributed by atoms with Gasteiger partial charge in [-0.3, -0.25) is 0 Å². The van der Waals surface area contributed by atoms with Gasteiger partial charge in [-0.25, -0.2) is 19.7 Å². The minimum Gasteiger partial charge on any atom is -0.465 e. The van der Waals surface area contributed by atoms with Crippen molar-refractivity contribution in [3.05, 3.63) is 72.6 Å². The van der Waals surface area contributed by atoms with Crippen LogP contribution < -0.4 is 15.8 Å². The summed E-state index contributed by atoms with van der Waals surface area (Å²) in [4.78, 5) is 26.5. The smallest absolute Gasteiger partial charge is 0.407 e. The summed E-state index contributed by atoms with van der Waals surface area (Å²) in [7, 11) is 0. The summed E-state index contributed by atoms with van der Waals surface area (Å²) in [5, 5.41) is 14.4. The van der Waals surface area contributed by atoms with Crippen LogP contribution in [0.3, 0.4) is 0 Å². The first-order valence-electron chi connectivity index (χ1n) is 12.1. The molecule has 2 aromatic heterocycles. The molecule has 1 atom stereocenters. The number of hydrogen-bond donors (Lipinski definition) is 3. The second-order valence-corrected chi connectivity index (χ2v) is 9.06. The van der Waals surface area contributed by atoms with Crippen LogP contribution in [0.2, 0.25) is 0 Å². The molecule has 1 saturated heterocycles. The molecule has 2 aromatic carbocycles. The highest BCUT2D eigenvalue weighted by Crippen LogP contribution is 2.38. The molecule has 5 rings (SSSR count). The molecule has 0 saturated carbocycles. The van der Waals surface area contributed by atoms with Crippen molar-refractivity contribution in [1.29, 1.82) is 0 Å². The molecule has 1 unspecified atom stereocenters. The van der Waals surface area contributed by atoms with E-state index in [0.717, 1.165) is 34.7 Å². The summed E-state index contributed by atoms with van der Waals surface area (Å²) < 4.78 is 6.44. The number of rotatable bonds is 6. The van der Waals surface area contributed by atoms with Crippen molar-refractivity contribution in [3.8, 4) is 22.9 Å². The predicted octanol–water partition coefficient (Wildman–Crippen LogP) is 5.57. The molecule has 0 radical (unpaired) electrons. The van der Waals surface area contributed by atoms with E-state index >= 15 is 0 Å². The number of carboxylic acid groups (broad SMARTS) is 1. The number of ether oxygens (including phenoxy) is 1. The largest absolute Gasteiger partial charge is 0.465 e. The molecule has 1 fully saturated rings. The normalized spacial score (nSPS) is 15.4. The Morgan fingerprint density at radius 1 is 1.24 bits per heavy atom. The number of fused-ring (bicyclic) bond motifs is 1. The lowest BCUT2D eigenvalue weighted by atomic mass is 10.0. The molecule has 188 valence electrons. The topological polar surface area (TPSA) is 126 Å². The molecule has 37 heavy (non-hydrogen) atoms. The number of nitrogen functional groups attached to an aromatic ring is 1. The second-order valence-electron chi connectivity index (χ2n) is 9.06. The molecular formula is C28H28N6O3. The number of piperidine rings is 1. The van der Waals surface area contributed by atoms with Crippen molar-refractivity contribution < 1.29 is 14.6 Å².